The second-order valence-corrected chi connectivity index (χ2v) is 16.0. The van der Waals surface area contributed by atoms with Gasteiger partial charge >= 0.3 is 0 Å². The van der Waals surface area contributed by atoms with Gasteiger partial charge in [-0.15, -0.1) is 0 Å². The van der Waals surface area contributed by atoms with Gasteiger partial charge in [0, 0.05) is 34.1 Å². The van der Waals surface area contributed by atoms with E-state index in [0.29, 0.717) is 0 Å². The molecule has 0 aliphatic heterocycles. The van der Waals surface area contributed by atoms with Gasteiger partial charge in [-0.05, 0) is 154 Å². The Bertz CT molecular complexity index is 2780. The zero-order valence-electron chi connectivity index (χ0n) is 34.8. The number of benzene rings is 8. The normalized spacial score (nSPS) is 13.3. The summed E-state index contributed by atoms with van der Waals surface area (Å²) in [6.45, 7) is 0. The van der Waals surface area contributed by atoms with Gasteiger partial charge in [0.05, 0.1) is 0 Å². The first-order valence-corrected chi connectivity index (χ1v) is 21.8. The molecule has 10 rings (SSSR count). The average molecular weight is 797 g/mol. The van der Waals surface area contributed by atoms with Crippen LogP contribution in [0.5, 0.6) is 0 Å². The van der Waals surface area contributed by atoms with Gasteiger partial charge in [-0.1, -0.05) is 170 Å². The monoisotopic (exact) mass is 796 g/mol. The van der Waals surface area contributed by atoms with E-state index in [4.69, 9.17) is 0 Å². The smallest absolute Gasteiger partial charge is 0.0462 e. The Kier molecular flexibility index (Phi) is 11.1. The summed E-state index contributed by atoms with van der Waals surface area (Å²) in [6, 6.07) is 75.0. The minimum Gasteiger partial charge on any atom is -0.311 e. The van der Waals surface area contributed by atoms with Crippen LogP contribution < -0.4 is 9.80 Å². The molecule has 62 heavy (non-hydrogen) atoms. The van der Waals surface area contributed by atoms with E-state index in [1.54, 1.807) is 0 Å². The highest BCUT2D eigenvalue weighted by atomic mass is 15.1. The van der Waals surface area contributed by atoms with Crippen LogP contribution in [0.15, 0.2) is 243 Å². The first kappa shape index (κ1) is 38.5. The highest BCUT2D eigenvalue weighted by Gasteiger charge is 2.17. The van der Waals surface area contributed by atoms with Crippen molar-refractivity contribution in [2.45, 2.75) is 25.7 Å². The first-order valence-electron chi connectivity index (χ1n) is 21.8. The van der Waals surface area contributed by atoms with Gasteiger partial charge in [0.1, 0.15) is 0 Å². The number of anilines is 6. The van der Waals surface area contributed by atoms with Crippen molar-refractivity contribution in [1.82, 2.24) is 0 Å². The summed E-state index contributed by atoms with van der Waals surface area (Å²) in [4.78, 5) is 4.71. The van der Waals surface area contributed by atoms with E-state index in [0.717, 1.165) is 59.8 Å². The average Bonchev–Trinajstić information content (AvgIpc) is 3.36. The van der Waals surface area contributed by atoms with Crippen molar-refractivity contribution in [2.24, 2.45) is 0 Å². The second-order valence-electron chi connectivity index (χ2n) is 16.0. The minimum atomic E-state index is 1.08. The molecule has 0 heterocycles. The van der Waals surface area contributed by atoms with Crippen LogP contribution in [0.1, 0.15) is 36.8 Å². The molecule has 0 amide bonds. The van der Waals surface area contributed by atoms with Crippen LogP contribution in [0.25, 0.3) is 44.5 Å². The van der Waals surface area contributed by atoms with Crippen molar-refractivity contribution in [2.75, 3.05) is 9.80 Å². The third kappa shape index (κ3) is 8.37. The van der Waals surface area contributed by atoms with E-state index in [2.05, 4.69) is 253 Å². The molecule has 0 radical (unpaired) electrons. The molecule has 0 saturated heterocycles. The molecule has 8 aromatic carbocycles. The van der Waals surface area contributed by atoms with Gasteiger partial charge in [-0.2, -0.15) is 0 Å². The largest absolute Gasteiger partial charge is 0.311 e. The molecule has 2 nitrogen and oxygen atoms in total. The molecule has 2 aliphatic carbocycles. The van der Waals surface area contributed by atoms with Gasteiger partial charge in [-0.3, -0.25) is 0 Å². The zero-order chi connectivity index (χ0) is 41.5. The number of nitrogens with zero attached hydrogens (tertiary/aromatic N) is 2. The van der Waals surface area contributed by atoms with Gasteiger partial charge in [0.2, 0.25) is 0 Å². The Balaban J connectivity index is 0.954. The Morgan fingerprint density at radius 2 is 0.645 bits per heavy atom. The van der Waals surface area contributed by atoms with E-state index in [1.165, 1.54) is 55.7 Å². The van der Waals surface area contributed by atoms with E-state index in [9.17, 15) is 0 Å². The van der Waals surface area contributed by atoms with Gasteiger partial charge in [-0.25, -0.2) is 0 Å². The summed E-state index contributed by atoms with van der Waals surface area (Å²) in [6.07, 6.45) is 17.9. The highest BCUT2D eigenvalue weighted by Crippen LogP contribution is 2.40. The molecule has 0 saturated carbocycles. The van der Waals surface area contributed by atoms with Crippen LogP contribution in [0.4, 0.5) is 34.1 Å². The lowest BCUT2D eigenvalue weighted by atomic mass is 9.97. The highest BCUT2D eigenvalue weighted by molar-refractivity contribution is 5.84. The maximum absolute atomic E-state index is 2.37. The summed E-state index contributed by atoms with van der Waals surface area (Å²) in [5, 5.41) is 0. The van der Waals surface area contributed by atoms with Crippen LogP contribution in [0.2, 0.25) is 0 Å². The summed E-state index contributed by atoms with van der Waals surface area (Å²) in [5.41, 5.74) is 19.1. The third-order valence-electron chi connectivity index (χ3n) is 12.0. The van der Waals surface area contributed by atoms with Crippen LogP contribution >= 0.6 is 0 Å². The van der Waals surface area contributed by atoms with E-state index >= 15 is 0 Å². The molecule has 8 aromatic rings. The molecule has 0 bridgehead atoms. The lowest BCUT2D eigenvalue weighted by Gasteiger charge is -2.27. The van der Waals surface area contributed by atoms with Crippen molar-refractivity contribution < 1.29 is 0 Å². The van der Waals surface area contributed by atoms with Crippen molar-refractivity contribution >= 4 is 45.3 Å². The predicted molar refractivity (Wildman–Crippen MR) is 265 cm³/mol. The summed E-state index contributed by atoms with van der Waals surface area (Å²) >= 11 is 0. The third-order valence-corrected chi connectivity index (χ3v) is 12.0. The molecule has 298 valence electrons. The van der Waals surface area contributed by atoms with Gasteiger partial charge in [0.25, 0.3) is 0 Å². The fourth-order valence-electron chi connectivity index (χ4n) is 8.67. The summed E-state index contributed by atoms with van der Waals surface area (Å²) < 4.78 is 0. The van der Waals surface area contributed by atoms with Gasteiger partial charge in [0.15, 0.2) is 0 Å². The van der Waals surface area contributed by atoms with Crippen LogP contribution in [0, 0.1) is 0 Å². The predicted octanol–water partition coefficient (Wildman–Crippen LogP) is 17.1. The van der Waals surface area contributed by atoms with Crippen molar-refractivity contribution in [3.63, 3.8) is 0 Å². The molecular weight excluding hydrogens is 749 g/mol. The number of allylic oxidation sites excluding steroid dienone is 8. The molecule has 0 atom stereocenters. The fourth-order valence-corrected chi connectivity index (χ4v) is 8.67. The molecule has 0 aromatic heterocycles. The second kappa shape index (κ2) is 17.9. The Morgan fingerprint density at radius 1 is 0.290 bits per heavy atom. The fraction of sp³-hybridized carbons (Fsp3) is 0.0667. The van der Waals surface area contributed by atoms with Crippen LogP contribution in [-0.2, 0) is 0 Å². The summed E-state index contributed by atoms with van der Waals surface area (Å²) in [5.74, 6) is 0. The lowest BCUT2D eigenvalue weighted by molar-refractivity contribution is 1.04. The maximum Gasteiger partial charge on any atom is 0.0462 e. The van der Waals surface area contributed by atoms with Crippen molar-refractivity contribution in [3.8, 4) is 33.4 Å². The van der Waals surface area contributed by atoms with Crippen LogP contribution in [-0.4, -0.2) is 0 Å². The van der Waals surface area contributed by atoms with Crippen molar-refractivity contribution in [1.29, 1.82) is 0 Å². The molecule has 2 aliphatic rings. The Hall–Kier alpha value is -7.68. The Morgan fingerprint density at radius 3 is 0.984 bits per heavy atom. The lowest BCUT2D eigenvalue weighted by Crippen LogP contribution is -2.10. The summed E-state index contributed by atoms with van der Waals surface area (Å²) in [7, 11) is 0. The minimum absolute atomic E-state index is 1.08. The topological polar surface area (TPSA) is 6.48 Å². The molecule has 2 heteroatoms. The number of hydrogen-bond acceptors (Lipinski definition) is 2. The van der Waals surface area contributed by atoms with E-state index in [-0.39, 0.29) is 0 Å². The molecule has 0 N–H and O–H groups in total. The van der Waals surface area contributed by atoms with E-state index < -0.39 is 0 Å². The Labute approximate surface area is 366 Å². The number of hydrogen-bond donors (Lipinski definition) is 0. The number of rotatable bonds is 11. The SMILES string of the molecule is C1=CCCC(c2ccc(N(c3ccc(C4=CCCC=C4)cc3)c3ccc(-c4ccc(N(c5ccc(-c6ccccc6)cc5)c5ccc(-c6ccccc6)cc5)cc4)cc3)cc2)=C1. The molecule has 0 spiro atoms. The quantitative estimate of drug-likeness (QED) is 0.129. The van der Waals surface area contributed by atoms with Crippen LogP contribution in [0.3, 0.4) is 0 Å². The first-order chi connectivity index (χ1) is 30.7. The maximum atomic E-state index is 2.37. The zero-order valence-corrected chi connectivity index (χ0v) is 34.8. The van der Waals surface area contributed by atoms with E-state index in [1.807, 2.05) is 0 Å². The van der Waals surface area contributed by atoms with Crippen molar-refractivity contribution in [3.05, 3.63) is 254 Å². The molecular formula is C60H48N2. The molecule has 0 unspecified atom stereocenters. The van der Waals surface area contributed by atoms with Gasteiger partial charge < -0.3 is 9.80 Å². The molecule has 0 fully saturated rings. The standard InChI is InChI=1S/C60H48N2/c1-5-13-45(14-6-1)49-21-33-55(34-22-49)61(56-35-23-50(24-36-56)46-15-7-2-8-16-46)59-41-29-53(30-42-59)54-31-43-60(44-32-54)62(57-37-25-51(26-38-57)47-17-9-3-10-18-47)58-39-27-52(28-40-58)48-19-11-4-12-20-48/h1-3,5-9,11,13-17,19-44H,4,10,12,18H2.